The highest BCUT2D eigenvalue weighted by atomic mass is 14.5. The van der Waals surface area contributed by atoms with Gasteiger partial charge in [-0.05, 0) is 78.9 Å². The Labute approximate surface area is 147 Å². The van der Waals surface area contributed by atoms with Gasteiger partial charge in [0.05, 0.1) is 0 Å². The zero-order valence-electron chi connectivity index (χ0n) is 17.2. The van der Waals surface area contributed by atoms with E-state index in [1.54, 1.807) is 0 Å². The molecule has 2 rings (SSSR count). The lowest BCUT2D eigenvalue weighted by atomic mass is 9.87. The van der Waals surface area contributed by atoms with Crippen LogP contribution in [0.25, 0.3) is 0 Å². The summed E-state index contributed by atoms with van der Waals surface area (Å²) in [5.41, 5.74) is 0.714. The predicted octanol–water partition coefficient (Wildman–Crippen LogP) is 7.57. The summed E-state index contributed by atoms with van der Waals surface area (Å²) in [4.78, 5) is 0. The van der Waals surface area contributed by atoms with Crippen LogP contribution in [-0.4, -0.2) is 0 Å². The van der Waals surface area contributed by atoms with Gasteiger partial charge in [-0.1, -0.05) is 67.7 Å². The molecule has 0 radical (unpaired) electrons. The van der Waals surface area contributed by atoms with Crippen molar-refractivity contribution in [3.63, 3.8) is 0 Å². The lowest BCUT2D eigenvalue weighted by Gasteiger charge is -2.18. The molecule has 23 heavy (non-hydrogen) atoms. The van der Waals surface area contributed by atoms with Crippen LogP contribution in [0.3, 0.4) is 0 Å². The summed E-state index contributed by atoms with van der Waals surface area (Å²) in [6.07, 6.45) is 11.9. The Bertz CT molecular complexity index is 355. The average Bonchev–Trinajstić information content (AvgIpc) is 3.30. The quantitative estimate of drug-likeness (QED) is 0.344. The molecule has 0 heteroatoms. The molecule has 0 bridgehead atoms. The van der Waals surface area contributed by atoms with Crippen molar-refractivity contribution in [3.05, 3.63) is 0 Å². The van der Waals surface area contributed by atoms with Crippen LogP contribution in [-0.2, 0) is 0 Å². The molecule has 0 saturated heterocycles. The van der Waals surface area contributed by atoms with E-state index in [9.17, 15) is 0 Å². The van der Waals surface area contributed by atoms with Crippen molar-refractivity contribution in [2.24, 2.45) is 46.8 Å². The first-order chi connectivity index (χ1) is 10.7. The molecule has 2 fully saturated rings. The Balaban J connectivity index is 1.52. The summed E-state index contributed by atoms with van der Waals surface area (Å²) in [6.45, 7) is 17.1. The second-order valence-electron chi connectivity index (χ2n) is 10.6. The summed E-state index contributed by atoms with van der Waals surface area (Å²) in [5.74, 6) is 6.86. The molecule has 0 amide bonds. The van der Waals surface area contributed by atoms with Crippen molar-refractivity contribution < 1.29 is 0 Å². The Morgan fingerprint density at radius 1 is 0.957 bits per heavy atom. The molecule has 0 nitrogen and oxygen atoms in total. The molecule has 6 unspecified atom stereocenters. The summed E-state index contributed by atoms with van der Waals surface area (Å²) in [6, 6.07) is 0. The van der Waals surface area contributed by atoms with E-state index < -0.39 is 0 Å². The highest BCUT2D eigenvalue weighted by Gasteiger charge is 2.48. The van der Waals surface area contributed by atoms with E-state index in [2.05, 4.69) is 48.5 Å². The maximum atomic E-state index is 2.53. The average molecular weight is 321 g/mol. The third kappa shape index (κ3) is 5.79. The molecular weight excluding hydrogens is 276 g/mol. The number of hydrogen-bond acceptors (Lipinski definition) is 0. The Hall–Kier alpha value is 0. The second kappa shape index (κ2) is 7.92. The minimum atomic E-state index is 0.714. The number of unbranched alkanes of at least 4 members (excludes halogenated alkanes) is 1. The fraction of sp³-hybridized carbons (Fsp3) is 1.00. The van der Waals surface area contributed by atoms with Crippen LogP contribution < -0.4 is 0 Å². The van der Waals surface area contributed by atoms with Crippen molar-refractivity contribution in [2.75, 3.05) is 0 Å². The minimum Gasteiger partial charge on any atom is -0.0628 e. The molecule has 0 aliphatic heterocycles. The lowest BCUT2D eigenvalue weighted by molar-refractivity contribution is 0.326. The van der Waals surface area contributed by atoms with Gasteiger partial charge in [0.1, 0.15) is 0 Å². The first-order valence-corrected chi connectivity index (χ1v) is 10.7. The molecule has 2 saturated carbocycles. The highest BCUT2D eigenvalue weighted by molar-refractivity contribution is 4.98. The van der Waals surface area contributed by atoms with Crippen LogP contribution in [0.2, 0.25) is 0 Å². The van der Waals surface area contributed by atoms with Crippen LogP contribution in [0.15, 0.2) is 0 Å². The van der Waals surface area contributed by atoms with Crippen molar-refractivity contribution in [2.45, 2.75) is 99.8 Å². The van der Waals surface area contributed by atoms with Crippen LogP contribution in [0.4, 0.5) is 0 Å². The van der Waals surface area contributed by atoms with Gasteiger partial charge in [-0.25, -0.2) is 0 Å². The molecule has 0 aromatic heterocycles. The van der Waals surface area contributed by atoms with Gasteiger partial charge in [-0.3, -0.25) is 0 Å². The van der Waals surface area contributed by atoms with Crippen molar-refractivity contribution in [1.29, 1.82) is 0 Å². The van der Waals surface area contributed by atoms with Crippen molar-refractivity contribution >= 4 is 0 Å². The molecule has 2 aliphatic carbocycles. The van der Waals surface area contributed by atoms with Gasteiger partial charge in [0.25, 0.3) is 0 Å². The topological polar surface area (TPSA) is 0 Å². The molecule has 2 aliphatic rings. The fourth-order valence-corrected chi connectivity index (χ4v) is 5.60. The van der Waals surface area contributed by atoms with Crippen LogP contribution in [0, 0.1) is 46.8 Å². The van der Waals surface area contributed by atoms with E-state index >= 15 is 0 Å². The molecule has 6 atom stereocenters. The van der Waals surface area contributed by atoms with Crippen LogP contribution in [0.5, 0.6) is 0 Å². The molecular formula is C23H44. The largest absolute Gasteiger partial charge is 0.0628 e. The minimum absolute atomic E-state index is 0.714. The normalized spacial score (nSPS) is 35.6. The van der Waals surface area contributed by atoms with E-state index in [0.29, 0.717) is 5.41 Å². The van der Waals surface area contributed by atoms with Gasteiger partial charge >= 0.3 is 0 Å². The van der Waals surface area contributed by atoms with E-state index in [4.69, 9.17) is 0 Å². The van der Waals surface area contributed by atoms with Crippen molar-refractivity contribution in [3.8, 4) is 0 Å². The highest BCUT2D eigenvalue weighted by Crippen LogP contribution is 2.58. The van der Waals surface area contributed by atoms with Crippen LogP contribution in [0.1, 0.15) is 99.8 Å². The zero-order valence-corrected chi connectivity index (χ0v) is 17.2. The third-order valence-corrected chi connectivity index (χ3v) is 7.16. The second-order valence-corrected chi connectivity index (χ2v) is 10.6. The summed E-state index contributed by atoms with van der Waals surface area (Å²) >= 11 is 0. The Morgan fingerprint density at radius 2 is 1.65 bits per heavy atom. The van der Waals surface area contributed by atoms with Gasteiger partial charge in [0.15, 0.2) is 0 Å². The number of rotatable bonds is 11. The summed E-state index contributed by atoms with van der Waals surface area (Å²) in [5, 5.41) is 0. The van der Waals surface area contributed by atoms with Crippen LogP contribution >= 0.6 is 0 Å². The monoisotopic (exact) mass is 320 g/mol. The Kier molecular flexibility index (Phi) is 6.66. The molecule has 0 spiro atoms. The third-order valence-electron chi connectivity index (χ3n) is 7.16. The van der Waals surface area contributed by atoms with Crippen molar-refractivity contribution in [1.82, 2.24) is 0 Å². The van der Waals surface area contributed by atoms with E-state index in [0.717, 1.165) is 41.4 Å². The molecule has 0 N–H and O–H groups in total. The predicted molar refractivity (Wildman–Crippen MR) is 104 cm³/mol. The van der Waals surface area contributed by atoms with E-state index in [-0.39, 0.29) is 0 Å². The number of hydrogen-bond donors (Lipinski definition) is 0. The fourth-order valence-electron chi connectivity index (χ4n) is 5.60. The molecule has 136 valence electrons. The van der Waals surface area contributed by atoms with Gasteiger partial charge in [0, 0.05) is 0 Å². The maximum Gasteiger partial charge on any atom is -0.0292 e. The molecule has 0 heterocycles. The standard InChI is InChI=1S/C23H44/c1-16(2)14-23(7)15-20(23)11-9-8-10-18(5)12-19(6)22-13-21(22)17(3)4/h16-22H,8-15H2,1-7H3. The smallest absolute Gasteiger partial charge is 0.0292 e. The summed E-state index contributed by atoms with van der Waals surface area (Å²) in [7, 11) is 0. The Morgan fingerprint density at radius 3 is 2.22 bits per heavy atom. The van der Waals surface area contributed by atoms with Gasteiger partial charge in [-0.2, -0.15) is 0 Å². The van der Waals surface area contributed by atoms with Gasteiger partial charge < -0.3 is 0 Å². The van der Waals surface area contributed by atoms with E-state index in [1.807, 2.05) is 0 Å². The summed E-state index contributed by atoms with van der Waals surface area (Å²) < 4.78 is 0. The molecule has 0 aromatic carbocycles. The van der Waals surface area contributed by atoms with E-state index in [1.165, 1.54) is 51.4 Å². The van der Waals surface area contributed by atoms with Gasteiger partial charge in [0.2, 0.25) is 0 Å². The van der Waals surface area contributed by atoms with Gasteiger partial charge in [-0.15, -0.1) is 0 Å². The maximum absolute atomic E-state index is 2.53. The molecule has 0 aromatic rings. The lowest BCUT2D eigenvalue weighted by Crippen LogP contribution is -2.08. The first kappa shape index (κ1) is 19.3. The zero-order chi connectivity index (χ0) is 17.2. The first-order valence-electron chi connectivity index (χ1n) is 10.7. The SMILES string of the molecule is CC(C)CC1(C)CC1CCCCC(C)CC(C)C1CC1C(C)C.